The largest absolute Gasteiger partial charge is 0.493 e. The molecular weight excluding hydrogens is 480 g/mol. The molecule has 9 heteroatoms. The Morgan fingerprint density at radius 1 is 0.833 bits per heavy atom. The first kappa shape index (κ1) is 26.9. The standard InChI is InChI=1S/C27H32N2O6S/c1-18-7-12-23(13-8-18)36(31,32)29(22-11-9-19(2)20(3)15-22)17-25(30)28-16-21-10-14-24(33-4)27(35-6)26(21)34-5/h7-15H,16-17H2,1-6H3,(H,28,30). The number of hydrogen-bond donors (Lipinski definition) is 1. The maximum atomic E-state index is 13.6. The van der Waals surface area contributed by atoms with E-state index in [9.17, 15) is 13.2 Å². The lowest BCUT2D eigenvalue weighted by atomic mass is 10.1. The molecular formula is C27H32N2O6S. The van der Waals surface area contributed by atoms with E-state index in [0.717, 1.165) is 21.0 Å². The summed E-state index contributed by atoms with van der Waals surface area (Å²) in [5.41, 5.74) is 3.96. The summed E-state index contributed by atoms with van der Waals surface area (Å²) in [6.45, 7) is 5.44. The zero-order valence-electron chi connectivity index (χ0n) is 21.4. The quantitative estimate of drug-likeness (QED) is 0.439. The highest BCUT2D eigenvalue weighted by Crippen LogP contribution is 2.39. The molecule has 8 nitrogen and oxygen atoms in total. The second-order valence-corrected chi connectivity index (χ2v) is 10.2. The van der Waals surface area contributed by atoms with Gasteiger partial charge in [0.25, 0.3) is 10.0 Å². The van der Waals surface area contributed by atoms with Crippen LogP contribution in [0.25, 0.3) is 0 Å². The number of rotatable bonds is 10. The highest BCUT2D eigenvalue weighted by atomic mass is 32.2. The van der Waals surface area contributed by atoms with Gasteiger partial charge in [0.05, 0.1) is 31.9 Å². The van der Waals surface area contributed by atoms with Crippen LogP contribution in [0.2, 0.25) is 0 Å². The maximum Gasteiger partial charge on any atom is 0.264 e. The van der Waals surface area contributed by atoms with Gasteiger partial charge in [-0.25, -0.2) is 8.42 Å². The predicted octanol–water partition coefficient (Wildman–Crippen LogP) is 4.15. The van der Waals surface area contributed by atoms with Crippen molar-refractivity contribution < 1.29 is 27.4 Å². The van der Waals surface area contributed by atoms with Gasteiger partial charge in [0, 0.05) is 12.1 Å². The van der Waals surface area contributed by atoms with Crippen molar-refractivity contribution in [3.05, 3.63) is 76.9 Å². The molecule has 0 spiro atoms. The van der Waals surface area contributed by atoms with Crippen molar-refractivity contribution in [3.63, 3.8) is 0 Å². The van der Waals surface area contributed by atoms with Crippen molar-refractivity contribution in [2.45, 2.75) is 32.2 Å². The van der Waals surface area contributed by atoms with Crippen LogP contribution >= 0.6 is 0 Å². The van der Waals surface area contributed by atoms with E-state index < -0.39 is 22.5 Å². The molecule has 3 aromatic rings. The van der Waals surface area contributed by atoms with Gasteiger partial charge in [0.2, 0.25) is 11.7 Å². The van der Waals surface area contributed by atoms with Crippen molar-refractivity contribution in [2.24, 2.45) is 0 Å². The van der Waals surface area contributed by atoms with Gasteiger partial charge < -0.3 is 19.5 Å². The predicted molar refractivity (Wildman–Crippen MR) is 140 cm³/mol. The normalized spacial score (nSPS) is 11.1. The fourth-order valence-electron chi connectivity index (χ4n) is 3.72. The van der Waals surface area contributed by atoms with E-state index in [1.54, 1.807) is 48.5 Å². The molecule has 3 rings (SSSR count). The Labute approximate surface area is 212 Å². The molecule has 0 aliphatic heterocycles. The van der Waals surface area contributed by atoms with Crippen LogP contribution in [0.4, 0.5) is 5.69 Å². The lowest BCUT2D eigenvalue weighted by molar-refractivity contribution is -0.119. The third kappa shape index (κ3) is 5.73. The minimum absolute atomic E-state index is 0.105. The molecule has 0 heterocycles. The molecule has 0 saturated heterocycles. The van der Waals surface area contributed by atoms with Crippen LogP contribution in [0.5, 0.6) is 17.2 Å². The van der Waals surface area contributed by atoms with Crippen molar-refractivity contribution in [1.82, 2.24) is 5.32 Å². The van der Waals surface area contributed by atoms with Gasteiger partial charge in [0.15, 0.2) is 11.5 Å². The molecule has 1 N–H and O–H groups in total. The summed E-state index contributed by atoms with van der Waals surface area (Å²) in [5.74, 6) is 0.858. The van der Waals surface area contributed by atoms with Gasteiger partial charge in [-0.05, 0) is 68.3 Å². The number of hydrogen-bond acceptors (Lipinski definition) is 6. The lowest BCUT2D eigenvalue weighted by Crippen LogP contribution is -2.40. The molecule has 0 radical (unpaired) electrons. The summed E-state index contributed by atoms with van der Waals surface area (Å²) < 4.78 is 44.5. The number of benzene rings is 3. The van der Waals surface area contributed by atoms with Gasteiger partial charge in [-0.15, -0.1) is 0 Å². The third-order valence-corrected chi connectivity index (χ3v) is 7.72. The number of amides is 1. The maximum absolute atomic E-state index is 13.6. The number of methoxy groups -OCH3 is 3. The molecule has 0 fully saturated rings. The molecule has 0 aliphatic carbocycles. The van der Waals surface area contributed by atoms with Gasteiger partial charge in [-0.3, -0.25) is 9.10 Å². The number of anilines is 1. The van der Waals surface area contributed by atoms with Crippen LogP contribution < -0.4 is 23.8 Å². The summed E-state index contributed by atoms with van der Waals surface area (Å²) in [6.07, 6.45) is 0. The smallest absolute Gasteiger partial charge is 0.264 e. The monoisotopic (exact) mass is 512 g/mol. The summed E-state index contributed by atoms with van der Waals surface area (Å²) in [4.78, 5) is 13.2. The minimum Gasteiger partial charge on any atom is -0.493 e. The van der Waals surface area contributed by atoms with E-state index in [1.165, 1.54) is 21.3 Å². The summed E-state index contributed by atoms with van der Waals surface area (Å²) >= 11 is 0. The molecule has 0 unspecified atom stereocenters. The first-order valence-corrected chi connectivity index (χ1v) is 12.8. The molecule has 0 aliphatic rings. The van der Waals surface area contributed by atoms with E-state index in [0.29, 0.717) is 28.5 Å². The number of ether oxygens (including phenoxy) is 3. The Kier molecular flexibility index (Phi) is 8.47. The van der Waals surface area contributed by atoms with Crippen LogP contribution in [0, 0.1) is 20.8 Å². The number of nitrogens with zero attached hydrogens (tertiary/aromatic N) is 1. The highest BCUT2D eigenvalue weighted by molar-refractivity contribution is 7.92. The van der Waals surface area contributed by atoms with Gasteiger partial charge >= 0.3 is 0 Å². The Bertz CT molecular complexity index is 1340. The van der Waals surface area contributed by atoms with E-state index >= 15 is 0 Å². The fraction of sp³-hybridized carbons (Fsp3) is 0.296. The zero-order chi connectivity index (χ0) is 26.5. The van der Waals surface area contributed by atoms with E-state index in [4.69, 9.17) is 14.2 Å². The van der Waals surface area contributed by atoms with Crippen LogP contribution in [0.3, 0.4) is 0 Å². The van der Waals surface area contributed by atoms with Crippen LogP contribution in [0.15, 0.2) is 59.5 Å². The van der Waals surface area contributed by atoms with Gasteiger partial charge in [-0.2, -0.15) is 0 Å². The molecule has 0 saturated carbocycles. The van der Waals surface area contributed by atoms with Gasteiger partial charge in [-0.1, -0.05) is 23.8 Å². The Balaban J connectivity index is 1.90. The first-order chi connectivity index (χ1) is 17.1. The van der Waals surface area contributed by atoms with Crippen molar-refractivity contribution in [3.8, 4) is 17.2 Å². The molecule has 0 atom stereocenters. The Morgan fingerprint density at radius 2 is 1.50 bits per heavy atom. The SMILES string of the molecule is COc1ccc(CNC(=O)CN(c2ccc(C)c(C)c2)S(=O)(=O)c2ccc(C)cc2)c(OC)c1OC. The van der Waals surface area contributed by atoms with Crippen LogP contribution in [-0.4, -0.2) is 42.2 Å². The Hall–Kier alpha value is -3.72. The van der Waals surface area contributed by atoms with E-state index in [-0.39, 0.29) is 11.4 Å². The second-order valence-electron chi connectivity index (χ2n) is 8.36. The zero-order valence-corrected chi connectivity index (χ0v) is 22.2. The third-order valence-electron chi connectivity index (χ3n) is 5.94. The number of nitrogens with one attached hydrogen (secondary N) is 1. The summed E-state index contributed by atoms with van der Waals surface area (Å²) in [5, 5.41) is 2.80. The summed E-state index contributed by atoms with van der Waals surface area (Å²) in [7, 11) is 0.521. The molecule has 1 amide bonds. The number of aryl methyl sites for hydroxylation is 3. The van der Waals surface area contributed by atoms with Crippen molar-refractivity contribution >= 4 is 21.6 Å². The molecule has 36 heavy (non-hydrogen) atoms. The highest BCUT2D eigenvalue weighted by Gasteiger charge is 2.27. The second kappa shape index (κ2) is 11.3. The molecule has 0 aromatic heterocycles. The van der Waals surface area contributed by atoms with Gasteiger partial charge in [0.1, 0.15) is 6.54 Å². The molecule has 192 valence electrons. The van der Waals surface area contributed by atoms with Crippen LogP contribution in [0.1, 0.15) is 22.3 Å². The topological polar surface area (TPSA) is 94.2 Å². The summed E-state index contributed by atoms with van der Waals surface area (Å²) in [6, 6.07) is 15.3. The minimum atomic E-state index is -4.00. The first-order valence-electron chi connectivity index (χ1n) is 11.3. The van der Waals surface area contributed by atoms with Crippen molar-refractivity contribution in [1.29, 1.82) is 0 Å². The number of sulfonamides is 1. The fourth-order valence-corrected chi connectivity index (χ4v) is 5.13. The Morgan fingerprint density at radius 3 is 2.08 bits per heavy atom. The lowest BCUT2D eigenvalue weighted by Gasteiger charge is -2.25. The van der Waals surface area contributed by atoms with E-state index in [2.05, 4.69) is 5.32 Å². The molecule has 3 aromatic carbocycles. The average Bonchev–Trinajstić information content (AvgIpc) is 2.87. The van der Waals surface area contributed by atoms with Crippen LogP contribution in [-0.2, 0) is 21.4 Å². The molecule has 0 bridgehead atoms. The average molecular weight is 513 g/mol. The number of carbonyl (C=O) groups excluding carboxylic acids is 1. The van der Waals surface area contributed by atoms with E-state index in [1.807, 2.05) is 26.8 Å². The number of carbonyl (C=O) groups is 1. The van der Waals surface area contributed by atoms with Crippen molar-refractivity contribution in [2.75, 3.05) is 32.2 Å².